The highest BCUT2D eigenvalue weighted by atomic mass is 35.5. The van der Waals surface area contributed by atoms with Gasteiger partial charge in [0.15, 0.2) is 17.1 Å². The first kappa shape index (κ1) is 22.2. The van der Waals surface area contributed by atoms with Crippen molar-refractivity contribution >= 4 is 35.0 Å². The molecule has 0 bridgehead atoms. The SMILES string of the molecule is CC(C)c1ccccc1NC(=O)CSc1nnc([C@H](C)Oc2ccccc2Cl)n1C. The second-order valence-corrected chi connectivity index (χ2v) is 8.52. The molecule has 158 valence electrons. The van der Waals surface area contributed by atoms with Crippen molar-refractivity contribution in [3.8, 4) is 5.75 Å². The number of ether oxygens (including phenoxy) is 1. The number of rotatable bonds is 8. The smallest absolute Gasteiger partial charge is 0.234 e. The number of hydrogen-bond donors (Lipinski definition) is 1. The summed E-state index contributed by atoms with van der Waals surface area (Å²) in [6.07, 6.45) is -0.344. The minimum atomic E-state index is -0.344. The zero-order valence-electron chi connectivity index (χ0n) is 17.4. The third-order valence-corrected chi connectivity index (χ3v) is 5.89. The topological polar surface area (TPSA) is 69.0 Å². The Morgan fingerprint density at radius 2 is 1.83 bits per heavy atom. The van der Waals surface area contributed by atoms with Gasteiger partial charge in [0.05, 0.1) is 10.8 Å². The van der Waals surface area contributed by atoms with E-state index in [0.717, 1.165) is 11.3 Å². The van der Waals surface area contributed by atoms with Crippen molar-refractivity contribution in [3.63, 3.8) is 0 Å². The van der Waals surface area contributed by atoms with Crippen LogP contribution in [0.3, 0.4) is 0 Å². The predicted octanol–water partition coefficient (Wildman–Crippen LogP) is 5.46. The standard InChI is InChI=1S/C22H25ClN4O2S/c1-14(2)16-9-5-7-11-18(16)24-20(28)13-30-22-26-25-21(27(22)4)15(3)29-19-12-8-6-10-17(19)23/h5-12,14-15H,13H2,1-4H3,(H,24,28)/t15-/m0/s1. The number of hydrogen-bond acceptors (Lipinski definition) is 5. The quantitative estimate of drug-likeness (QED) is 0.467. The average molecular weight is 445 g/mol. The highest BCUT2D eigenvalue weighted by molar-refractivity contribution is 7.99. The number of carbonyl (C=O) groups excluding carboxylic acids is 1. The molecule has 0 radical (unpaired) electrons. The highest BCUT2D eigenvalue weighted by Crippen LogP contribution is 2.29. The van der Waals surface area contributed by atoms with Gasteiger partial charge in [0.2, 0.25) is 5.91 Å². The molecule has 3 aromatic rings. The Hall–Kier alpha value is -2.51. The lowest BCUT2D eigenvalue weighted by Crippen LogP contribution is -2.16. The molecule has 2 aromatic carbocycles. The van der Waals surface area contributed by atoms with Crippen molar-refractivity contribution in [2.75, 3.05) is 11.1 Å². The van der Waals surface area contributed by atoms with E-state index in [0.29, 0.717) is 27.7 Å². The van der Waals surface area contributed by atoms with Gasteiger partial charge in [0.1, 0.15) is 5.75 Å². The second-order valence-electron chi connectivity index (χ2n) is 7.17. The summed E-state index contributed by atoms with van der Waals surface area (Å²) >= 11 is 7.50. The first-order chi connectivity index (χ1) is 14.4. The lowest BCUT2D eigenvalue weighted by molar-refractivity contribution is -0.113. The van der Waals surface area contributed by atoms with E-state index in [1.807, 2.05) is 61.0 Å². The number of thioether (sulfide) groups is 1. The molecule has 0 unspecified atom stereocenters. The van der Waals surface area contributed by atoms with Crippen molar-refractivity contribution in [1.82, 2.24) is 14.8 Å². The molecule has 1 amide bonds. The first-order valence-electron chi connectivity index (χ1n) is 9.69. The molecule has 1 atom stereocenters. The molecule has 0 aliphatic rings. The van der Waals surface area contributed by atoms with E-state index in [-0.39, 0.29) is 17.8 Å². The lowest BCUT2D eigenvalue weighted by atomic mass is 10.0. The fraction of sp³-hybridized carbons (Fsp3) is 0.318. The summed E-state index contributed by atoms with van der Waals surface area (Å²) in [5, 5.41) is 12.6. The zero-order valence-corrected chi connectivity index (χ0v) is 19.0. The van der Waals surface area contributed by atoms with Gasteiger partial charge in [-0.05, 0) is 36.6 Å². The van der Waals surface area contributed by atoms with E-state index in [1.54, 1.807) is 6.07 Å². The molecule has 1 heterocycles. The Morgan fingerprint density at radius 3 is 2.57 bits per heavy atom. The number of para-hydroxylation sites is 2. The molecule has 0 spiro atoms. The molecule has 0 saturated carbocycles. The van der Waals surface area contributed by atoms with Crippen LogP contribution in [0.4, 0.5) is 5.69 Å². The maximum atomic E-state index is 12.5. The van der Waals surface area contributed by atoms with Gasteiger partial charge >= 0.3 is 0 Å². The molecule has 1 aromatic heterocycles. The van der Waals surface area contributed by atoms with Crippen molar-refractivity contribution in [2.24, 2.45) is 7.05 Å². The number of carbonyl (C=O) groups is 1. The summed E-state index contributed by atoms with van der Waals surface area (Å²) in [6, 6.07) is 15.1. The molecule has 0 fully saturated rings. The third kappa shape index (κ3) is 5.34. The van der Waals surface area contributed by atoms with Gasteiger partial charge in [-0.1, -0.05) is 67.5 Å². The third-order valence-electron chi connectivity index (χ3n) is 4.56. The molecule has 30 heavy (non-hydrogen) atoms. The molecule has 0 saturated heterocycles. The van der Waals surface area contributed by atoms with Crippen LogP contribution >= 0.6 is 23.4 Å². The molecule has 1 N–H and O–H groups in total. The van der Waals surface area contributed by atoms with E-state index >= 15 is 0 Å². The van der Waals surface area contributed by atoms with Crippen molar-refractivity contribution in [3.05, 3.63) is 64.9 Å². The fourth-order valence-corrected chi connectivity index (χ4v) is 3.92. The maximum Gasteiger partial charge on any atom is 0.234 e. The van der Waals surface area contributed by atoms with Crippen molar-refractivity contribution in [2.45, 2.75) is 37.9 Å². The van der Waals surface area contributed by atoms with Crippen molar-refractivity contribution < 1.29 is 9.53 Å². The van der Waals surface area contributed by atoms with Crippen LogP contribution in [-0.4, -0.2) is 26.4 Å². The van der Waals surface area contributed by atoms with E-state index in [4.69, 9.17) is 16.3 Å². The van der Waals surface area contributed by atoms with Crippen LogP contribution in [0.1, 0.15) is 44.2 Å². The summed E-state index contributed by atoms with van der Waals surface area (Å²) in [5.74, 6) is 1.72. The Labute approximate surface area is 186 Å². The summed E-state index contributed by atoms with van der Waals surface area (Å²) in [5.41, 5.74) is 1.96. The van der Waals surface area contributed by atoms with Gasteiger partial charge in [0.25, 0.3) is 0 Å². The number of anilines is 1. The predicted molar refractivity (Wildman–Crippen MR) is 121 cm³/mol. The number of benzene rings is 2. The number of halogens is 1. The monoisotopic (exact) mass is 444 g/mol. The van der Waals surface area contributed by atoms with Gasteiger partial charge in [-0.3, -0.25) is 4.79 Å². The molecule has 0 aliphatic heterocycles. The second kappa shape index (κ2) is 10.00. The summed E-state index contributed by atoms with van der Waals surface area (Å²) < 4.78 is 7.76. The molecule has 3 rings (SSSR count). The summed E-state index contributed by atoms with van der Waals surface area (Å²) in [6.45, 7) is 6.09. The van der Waals surface area contributed by atoms with Crippen LogP contribution in [0, 0.1) is 0 Å². The molecular weight excluding hydrogens is 420 g/mol. The lowest BCUT2D eigenvalue weighted by Gasteiger charge is -2.15. The number of aromatic nitrogens is 3. The van der Waals surface area contributed by atoms with E-state index in [1.165, 1.54) is 11.8 Å². The van der Waals surface area contributed by atoms with E-state index < -0.39 is 0 Å². The minimum Gasteiger partial charge on any atom is -0.481 e. The Kier molecular flexibility index (Phi) is 7.39. The number of nitrogens with zero attached hydrogens (tertiary/aromatic N) is 3. The molecule has 0 aliphatic carbocycles. The maximum absolute atomic E-state index is 12.5. The summed E-state index contributed by atoms with van der Waals surface area (Å²) in [7, 11) is 1.86. The minimum absolute atomic E-state index is 0.0852. The zero-order chi connectivity index (χ0) is 21.7. The van der Waals surface area contributed by atoms with Crippen LogP contribution < -0.4 is 10.1 Å². The largest absolute Gasteiger partial charge is 0.481 e. The number of amides is 1. The van der Waals surface area contributed by atoms with Gasteiger partial charge < -0.3 is 14.6 Å². The Balaban J connectivity index is 1.61. The van der Waals surface area contributed by atoms with Crippen LogP contribution in [0.5, 0.6) is 5.75 Å². The van der Waals surface area contributed by atoms with E-state index in [2.05, 4.69) is 29.4 Å². The average Bonchev–Trinajstić information content (AvgIpc) is 3.09. The summed E-state index contributed by atoms with van der Waals surface area (Å²) in [4.78, 5) is 12.5. The molecule has 8 heteroatoms. The normalized spacial score (nSPS) is 12.1. The van der Waals surface area contributed by atoms with Crippen molar-refractivity contribution in [1.29, 1.82) is 0 Å². The Bertz CT molecular complexity index is 1020. The highest BCUT2D eigenvalue weighted by Gasteiger charge is 2.19. The van der Waals surface area contributed by atoms with Crippen LogP contribution in [0.15, 0.2) is 53.7 Å². The van der Waals surface area contributed by atoms with Gasteiger partial charge in [0, 0.05) is 12.7 Å². The van der Waals surface area contributed by atoms with Crippen LogP contribution in [0.2, 0.25) is 5.02 Å². The first-order valence-corrected chi connectivity index (χ1v) is 11.0. The fourth-order valence-electron chi connectivity index (χ4n) is 3.02. The van der Waals surface area contributed by atoms with Crippen LogP contribution in [0.25, 0.3) is 0 Å². The number of nitrogens with one attached hydrogen (secondary N) is 1. The molecule has 6 nitrogen and oxygen atoms in total. The van der Waals surface area contributed by atoms with Crippen LogP contribution in [-0.2, 0) is 11.8 Å². The van der Waals surface area contributed by atoms with Gasteiger partial charge in [-0.2, -0.15) is 0 Å². The Morgan fingerprint density at radius 1 is 1.13 bits per heavy atom. The van der Waals surface area contributed by atoms with Gasteiger partial charge in [-0.15, -0.1) is 10.2 Å². The van der Waals surface area contributed by atoms with Gasteiger partial charge in [-0.25, -0.2) is 0 Å². The molecular formula is C22H25ClN4O2S. The van der Waals surface area contributed by atoms with E-state index in [9.17, 15) is 4.79 Å².